The maximum absolute atomic E-state index is 12.0. The minimum absolute atomic E-state index is 0.108. The molecule has 0 radical (unpaired) electrons. The zero-order valence-electron chi connectivity index (χ0n) is 13.5. The Kier molecular flexibility index (Phi) is 6.88. The first-order valence-corrected chi connectivity index (χ1v) is 8.44. The lowest BCUT2D eigenvalue weighted by Gasteiger charge is -2.06. The molecule has 2 aromatic rings. The van der Waals surface area contributed by atoms with Gasteiger partial charge in [-0.25, -0.2) is 0 Å². The second-order valence-corrected chi connectivity index (χ2v) is 5.83. The van der Waals surface area contributed by atoms with Gasteiger partial charge in [-0.3, -0.25) is 9.78 Å². The van der Waals surface area contributed by atoms with E-state index in [1.54, 1.807) is 6.20 Å². The maximum Gasteiger partial charge on any atom is 0.224 e. The Balaban J connectivity index is 1.69. The molecule has 3 nitrogen and oxygen atoms in total. The zero-order chi connectivity index (χ0) is 15.6. The molecule has 1 aromatic carbocycles. The van der Waals surface area contributed by atoms with Crippen LogP contribution in [-0.4, -0.2) is 10.9 Å². The third-order valence-electron chi connectivity index (χ3n) is 3.89. The first kappa shape index (κ1) is 16.5. The van der Waals surface area contributed by atoms with E-state index < -0.39 is 0 Å². The van der Waals surface area contributed by atoms with Gasteiger partial charge >= 0.3 is 0 Å². The van der Waals surface area contributed by atoms with Crippen LogP contribution in [0.3, 0.4) is 0 Å². The fourth-order valence-electron chi connectivity index (χ4n) is 2.62. The van der Waals surface area contributed by atoms with Crippen LogP contribution in [0.2, 0.25) is 0 Å². The van der Waals surface area contributed by atoms with E-state index in [4.69, 9.17) is 0 Å². The molecule has 0 aliphatic rings. The molecule has 0 unspecified atom stereocenters. The molecular weight excluding hydrogens is 272 g/mol. The number of fused-ring (bicyclic) bond motifs is 1. The Hall–Kier alpha value is -1.90. The molecule has 1 N–H and O–H groups in total. The number of nitrogens with one attached hydrogen (secondary N) is 1. The molecule has 1 heterocycles. The van der Waals surface area contributed by atoms with E-state index in [2.05, 4.69) is 17.2 Å². The number of benzene rings is 1. The number of amides is 1. The van der Waals surface area contributed by atoms with Gasteiger partial charge < -0.3 is 5.32 Å². The van der Waals surface area contributed by atoms with Gasteiger partial charge in [0.2, 0.25) is 5.91 Å². The highest BCUT2D eigenvalue weighted by Gasteiger charge is 2.03. The fraction of sp³-hybridized carbons (Fsp3) is 0.474. The van der Waals surface area contributed by atoms with Crippen LogP contribution >= 0.6 is 0 Å². The number of nitrogens with zero attached hydrogens (tertiary/aromatic N) is 1. The van der Waals surface area contributed by atoms with Crippen LogP contribution in [-0.2, 0) is 4.79 Å². The predicted molar refractivity (Wildman–Crippen MR) is 93.0 cm³/mol. The monoisotopic (exact) mass is 298 g/mol. The average molecular weight is 298 g/mol. The smallest absolute Gasteiger partial charge is 0.224 e. The average Bonchev–Trinajstić information content (AvgIpc) is 2.54. The Morgan fingerprint density at radius 2 is 1.82 bits per heavy atom. The number of anilines is 1. The Morgan fingerprint density at radius 1 is 1.05 bits per heavy atom. The molecule has 1 amide bonds. The van der Waals surface area contributed by atoms with Crippen molar-refractivity contribution in [2.45, 2.75) is 58.3 Å². The van der Waals surface area contributed by atoms with Gasteiger partial charge in [-0.05, 0) is 30.7 Å². The van der Waals surface area contributed by atoms with Gasteiger partial charge in [-0.15, -0.1) is 0 Å². The van der Waals surface area contributed by atoms with Crippen LogP contribution in [0.5, 0.6) is 0 Å². The number of pyridine rings is 1. The van der Waals surface area contributed by atoms with Crippen LogP contribution in [0.15, 0.2) is 36.5 Å². The predicted octanol–water partition coefficient (Wildman–Crippen LogP) is 5.31. The number of aromatic nitrogens is 1. The van der Waals surface area contributed by atoms with E-state index in [0.717, 1.165) is 29.4 Å². The summed E-state index contributed by atoms with van der Waals surface area (Å²) in [7, 11) is 0. The van der Waals surface area contributed by atoms with Gasteiger partial charge in [0.05, 0.1) is 5.52 Å². The lowest BCUT2D eigenvalue weighted by molar-refractivity contribution is -0.116. The van der Waals surface area contributed by atoms with Crippen molar-refractivity contribution in [2.24, 2.45) is 0 Å². The minimum atomic E-state index is 0.108. The lowest BCUT2D eigenvalue weighted by Crippen LogP contribution is -2.10. The zero-order valence-corrected chi connectivity index (χ0v) is 13.5. The van der Waals surface area contributed by atoms with Crippen LogP contribution in [0.25, 0.3) is 10.9 Å². The van der Waals surface area contributed by atoms with Crippen molar-refractivity contribution in [3.05, 3.63) is 36.5 Å². The van der Waals surface area contributed by atoms with Gasteiger partial charge in [0.1, 0.15) is 0 Å². The largest absolute Gasteiger partial charge is 0.326 e. The van der Waals surface area contributed by atoms with Gasteiger partial charge in [-0.2, -0.15) is 0 Å². The number of hydrogen-bond acceptors (Lipinski definition) is 2. The third-order valence-corrected chi connectivity index (χ3v) is 3.89. The number of carbonyl (C=O) groups excluding carboxylic acids is 1. The highest BCUT2D eigenvalue weighted by molar-refractivity contribution is 5.93. The van der Waals surface area contributed by atoms with Crippen molar-refractivity contribution in [3.8, 4) is 0 Å². The van der Waals surface area contributed by atoms with Gasteiger partial charge in [0.25, 0.3) is 0 Å². The minimum Gasteiger partial charge on any atom is -0.326 e. The van der Waals surface area contributed by atoms with E-state index in [-0.39, 0.29) is 5.91 Å². The molecular formula is C19H26N2O. The first-order valence-electron chi connectivity index (χ1n) is 8.44. The Labute approximate surface area is 133 Å². The lowest BCUT2D eigenvalue weighted by atomic mass is 10.1. The summed E-state index contributed by atoms with van der Waals surface area (Å²) in [6.45, 7) is 2.23. The molecule has 0 spiro atoms. The SMILES string of the molecule is CCCCCCCCCC(=O)Nc1ccc2ncccc2c1. The van der Waals surface area contributed by atoms with Gasteiger partial charge in [0, 0.05) is 23.7 Å². The van der Waals surface area contributed by atoms with Crippen LogP contribution in [0.1, 0.15) is 58.3 Å². The van der Waals surface area contributed by atoms with E-state index in [9.17, 15) is 4.79 Å². The molecule has 0 fully saturated rings. The van der Waals surface area contributed by atoms with Gasteiger partial charge in [-0.1, -0.05) is 51.5 Å². The van der Waals surface area contributed by atoms with Crippen LogP contribution in [0.4, 0.5) is 5.69 Å². The number of rotatable bonds is 9. The molecule has 0 saturated heterocycles. The number of unbranched alkanes of at least 4 members (excludes halogenated alkanes) is 6. The summed E-state index contributed by atoms with van der Waals surface area (Å²) < 4.78 is 0. The highest BCUT2D eigenvalue weighted by Crippen LogP contribution is 2.17. The molecule has 0 bridgehead atoms. The molecule has 1 aromatic heterocycles. The maximum atomic E-state index is 12.0. The van der Waals surface area contributed by atoms with Crippen LogP contribution < -0.4 is 5.32 Å². The second-order valence-electron chi connectivity index (χ2n) is 5.83. The van der Waals surface area contributed by atoms with E-state index in [1.807, 2.05) is 30.3 Å². The van der Waals surface area contributed by atoms with Crippen molar-refractivity contribution in [3.63, 3.8) is 0 Å². The van der Waals surface area contributed by atoms with E-state index in [0.29, 0.717) is 6.42 Å². The van der Waals surface area contributed by atoms with Crippen molar-refractivity contribution in [2.75, 3.05) is 5.32 Å². The Morgan fingerprint density at radius 3 is 2.64 bits per heavy atom. The third kappa shape index (κ3) is 5.47. The second kappa shape index (κ2) is 9.19. The van der Waals surface area contributed by atoms with Crippen molar-refractivity contribution < 1.29 is 4.79 Å². The van der Waals surface area contributed by atoms with Crippen molar-refractivity contribution >= 4 is 22.5 Å². The van der Waals surface area contributed by atoms with Crippen molar-refractivity contribution in [1.29, 1.82) is 0 Å². The summed E-state index contributed by atoms with van der Waals surface area (Å²) in [4.78, 5) is 16.2. The van der Waals surface area contributed by atoms with Crippen molar-refractivity contribution in [1.82, 2.24) is 4.98 Å². The summed E-state index contributed by atoms with van der Waals surface area (Å²) in [6.07, 6.45) is 11.0. The number of carbonyl (C=O) groups is 1. The summed E-state index contributed by atoms with van der Waals surface area (Å²) >= 11 is 0. The summed E-state index contributed by atoms with van der Waals surface area (Å²) in [6, 6.07) is 9.75. The normalized spacial score (nSPS) is 10.8. The molecule has 0 saturated carbocycles. The Bertz CT molecular complexity index is 595. The molecule has 118 valence electrons. The van der Waals surface area contributed by atoms with Crippen LogP contribution in [0, 0.1) is 0 Å². The molecule has 3 heteroatoms. The standard InChI is InChI=1S/C19H26N2O/c1-2-3-4-5-6-7-8-11-19(22)21-17-12-13-18-16(15-17)10-9-14-20-18/h9-10,12-15H,2-8,11H2,1H3,(H,21,22). The quantitative estimate of drug-likeness (QED) is 0.637. The molecule has 0 aliphatic heterocycles. The summed E-state index contributed by atoms with van der Waals surface area (Å²) in [5.74, 6) is 0.108. The molecule has 22 heavy (non-hydrogen) atoms. The molecule has 0 aliphatic carbocycles. The molecule has 2 rings (SSSR count). The van der Waals surface area contributed by atoms with E-state index in [1.165, 1.54) is 32.1 Å². The first-order chi connectivity index (χ1) is 10.8. The number of hydrogen-bond donors (Lipinski definition) is 1. The van der Waals surface area contributed by atoms with E-state index >= 15 is 0 Å². The topological polar surface area (TPSA) is 42.0 Å². The highest BCUT2D eigenvalue weighted by atomic mass is 16.1. The fourth-order valence-corrected chi connectivity index (χ4v) is 2.62. The summed E-state index contributed by atoms with van der Waals surface area (Å²) in [5, 5.41) is 4.03. The molecule has 0 atom stereocenters. The van der Waals surface area contributed by atoms with Gasteiger partial charge in [0.15, 0.2) is 0 Å². The summed E-state index contributed by atoms with van der Waals surface area (Å²) in [5.41, 5.74) is 1.81.